The minimum absolute atomic E-state index is 0.129. The number of nitrogens with zero attached hydrogens (tertiary/aromatic N) is 1. The third-order valence-corrected chi connectivity index (χ3v) is 6.04. The number of allylic oxidation sites excluding steroid dienone is 2. The number of benzene rings is 1. The van der Waals surface area contributed by atoms with Gasteiger partial charge in [-0.25, -0.2) is 4.90 Å². The molecule has 0 spiro atoms. The number of nitrogens with two attached hydrogens (primary N) is 2. The first-order valence-electron chi connectivity index (χ1n) is 9.38. The second-order valence-corrected chi connectivity index (χ2v) is 8.33. The van der Waals surface area contributed by atoms with Gasteiger partial charge in [-0.3, -0.25) is 20.3 Å². The molecule has 3 rings (SSSR count). The highest BCUT2D eigenvalue weighted by molar-refractivity contribution is 7.20. The van der Waals surface area contributed by atoms with Gasteiger partial charge >= 0.3 is 5.96 Å². The van der Waals surface area contributed by atoms with Crippen molar-refractivity contribution in [3.63, 3.8) is 0 Å². The second kappa shape index (κ2) is 8.08. The van der Waals surface area contributed by atoms with Crippen LogP contribution in [0, 0.1) is 0 Å². The number of rotatable bonds is 5. The molecule has 0 aliphatic carbocycles. The van der Waals surface area contributed by atoms with E-state index in [1.807, 2.05) is 50.3 Å². The van der Waals surface area contributed by atoms with E-state index in [-0.39, 0.29) is 24.2 Å². The van der Waals surface area contributed by atoms with E-state index >= 15 is 0 Å². The lowest BCUT2D eigenvalue weighted by molar-refractivity contribution is -0.544. The Morgan fingerprint density at radius 3 is 2.79 bits per heavy atom. The maximum Gasteiger partial charge on any atom is 0.351 e. The molecule has 2 aromatic rings. The third kappa shape index (κ3) is 4.32. The topological polar surface area (TPSA) is 115 Å². The van der Waals surface area contributed by atoms with Crippen molar-refractivity contribution in [3.05, 3.63) is 58.8 Å². The highest BCUT2D eigenvalue weighted by Crippen LogP contribution is 2.25. The van der Waals surface area contributed by atoms with Crippen LogP contribution in [0.3, 0.4) is 0 Å². The molecule has 1 aliphatic rings. The molecule has 1 unspecified atom stereocenters. The Bertz CT molecular complexity index is 1020. The Morgan fingerprint density at radius 2 is 2.14 bits per heavy atom. The van der Waals surface area contributed by atoms with Crippen LogP contribution in [0.1, 0.15) is 36.4 Å². The van der Waals surface area contributed by atoms with Crippen molar-refractivity contribution in [1.29, 1.82) is 0 Å². The summed E-state index contributed by atoms with van der Waals surface area (Å²) in [6, 6.07) is 9.74. The molecule has 1 aliphatic heterocycles. The van der Waals surface area contributed by atoms with Crippen LogP contribution in [0.2, 0.25) is 0 Å². The fraction of sp³-hybridized carbons (Fsp3) is 0.286. The zero-order valence-corrected chi connectivity index (χ0v) is 17.6. The molecule has 0 saturated carbocycles. The van der Waals surface area contributed by atoms with Crippen molar-refractivity contribution in [2.45, 2.75) is 32.2 Å². The number of hydrogen-bond donors (Lipinski definition) is 4. The van der Waals surface area contributed by atoms with E-state index in [9.17, 15) is 9.59 Å². The number of thiophene rings is 1. The van der Waals surface area contributed by atoms with E-state index in [4.69, 9.17) is 11.5 Å². The van der Waals surface area contributed by atoms with Crippen molar-refractivity contribution < 1.29 is 14.6 Å². The number of amides is 2. The normalized spacial score (nSPS) is 20.7. The summed E-state index contributed by atoms with van der Waals surface area (Å²) in [4.78, 5) is 30.1. The van der Waals surface area contributed by atoms with Gasteiger partial charge in [-0.05, 0) is 36.9 Å². The molecule has 6 N–H and O–H groups in total. The average Bonchev–Trinajstić information content (AvgIpc) is 3.10. The van der Waals surface area contributed by atoms with Gasteiger partial charge in [0, 0.05) is 10.4 Å². The lowest BCUT2D eigenvalue weighted by Gasteiger charge is -2.30. The molecule has 0 saturated heterocycles. The zero-order valence-electron chi connectivity index (χ0n) is 16.8. The number of guanidine groups is 1. The summed E-state index contributed by atoms with van der Waals surface area (Å²) in [6.45, 7) is 3.79. The number of hydrogen-bond acceptors (Lipinski definition) is 5. The predicted molar refractivity (Wildman–Crippen MR) is 116 cm³/mol. The first kappa shape index (κ1) is 20.6. The number of carbonyl (C=O) groups is 2. The minimum atomic E-state index is -0.831. The zero-order chi connectivity index (χ0) is 21.2. The van der Waals surface area contributed by atoms with Crippen LogP contribution in [0.5, 0.6) is 0 Å². The van der Waals surface area contributed by atoms with Crippen molar-refractivity contribution in [2.24, 2.45) is 11.5 Å². The van der Waals surface area contributed by atoms with E-state index in [0.29, 0.717) is 22.7 Å². The molecule has 0 radical (unpaired) electrons. The highest BCUT2D eigenvalue weighted by Gasteiger charge is 2.40. The molecule has 2 heterocycles. The number of nitrogens with one attached hydrogen (secondary N) is 2. The fourth-order valence-corrected chi connectivity index (χ4v) is 4.08. The number of fused-ring (bicyclic) bond motifs is 1. The Morgan fingerprint density at radius 1 is 1.41 bits per heavy atom. The smallest absolute Gasteiger partial charge is 0.351 e. The van der Waals surface area contributed by atoms with E-state index < -0.39 is 5.54 Å². The Labute approximate surface area is 173 Å². The van der Waals surface area contributed by atoms with Gasteiger partial charge in [0.2, 0.25) is 0 Å². The predicted octanol–water partition coefficient (Wildman–Crippen LogP) is 0.784. The van der Waals surface area contributed by atoms with Gasteiger partial charge in [0.05, 0.1) is 24.0 Å². The summed E-state index contributed by atoms with van der Waals surface area (Å²) in [7, 11) is 1.61. The highest BCUT2D eigenvalue weighted by atomic mass is 32.1. The first-order valence-corrected chi connectivity index (χ1v) is 10.2. The van der Waals surface area contributed by atoms with E-state index in [2.05, 4.69) is 10.3 Å². The molecule has 2 amide bonds. The summed E-state index contributed by atoms with van der Waals surface area (Å²) < 4.78 is 1.06. The fourth-order valence-electron chi connectivity index (χ4n) is 3.12. The molecule has 0 fully saturated rings. The second-order valence-electron chi connectivity index (χ2n) is 7.24. The summed E-state index contributed by atoms with van der Waals surface area (Å²) in [5, 5.41) is 3.96. The molecule has 1 aromatic heterocycles. The molecule has 7 nitrogen and oxygen atoms in total. The molecule has 1 atom stereocenters. The van der Waals surface area contributed by atoms with E-state index in [1.54, 1.807) is 13.1 Å². The van der Waals surface area contributed by atoms with E-state index in [1.165, 1.54) is 16.2 Å². The van der Waals surface area contributed by atoms with Crippen molar-refractivity contribution in [1.82, 2.24) is 10.2 Å². The average molecular weight is 413 g/mol. The quantitative estimate of drug-likeness (QED) is 0.543. The van der Waals surface area contributed by atoms with Crippen LogP contribution in [0.15, 0.2) is 53.9 Å². The summed E-state index contributed by atoms with van der Waals surface area (Å²) in [5.41, 5.74) is 12.4. The SMILES string of the molecule is CC/C=C(\C=C(/N)C1(C)CC(=O)N(C)C(N)=[NH+]1)NC(=O)c1cc2ccccc2s1. The van der Waals surface area contributed by atoms with Gasteiger partial charge < -0.3 is 11.1 Å². The van der Waals surface area contributed by atoms with Crippen molar-refractivity contribution in [2.75, 3.05) is 7.05 Å². The minimum Gasteiger partial charge on any atom is -0.399 e. The van der Waals surface area contributed by atoms with Crippen LogP contribution in [-0.2, 0) is 4.79 Å². The van der Waals surface area contributed by atoms with Crippen molar-refractivity contribution in [3.8, 4) is 0 Å². The molecule has 1 aromatic carbocycles. The largest absolute Gasteiger partial charge is 0.399 e. The first-order chi connectivity index (χ1) is 13.7. The maximum absolute atomic E-state index is 12.8. The van der Waals surface area contributed by atoms with Crippen LogP contribution < -0.4 is 21.8 Å². The third-order valence-electron chi connectivity index (χ3n) is 4.92. The lowest BCUT2D eigenvalue weighted by atomic mass is 9.91. The van der Waals surface area contributed by atoms with Gasteiger partial charge in [-0.15, -0.1) is 11.3 Å². The molecular formula is C21H26N5O2S+. The van der Waals surface area contributed by atoms with Crippen LogP contribution in [0.25, 0.3) is 10.1 Å². The summed E-state index contributed by atoms with van der Waals surface area (Å²) >= 11 is 1.44. The maximum atomic E-state index is 12.8. The van der Waals surface area contributed by atoms with Crippen molar-refractivity contribution >= 4 is 39.2 Å². The molecular weight excluding hydrogens is 386 g/mol. The Balaban J connectivity index is 1.85. The van der Waals surface area contributed by atoms with Gasteiger partial charge in [0.25, 0.3) is 11.8 Å². The van der Waals surface area contributed by atoms with Crippen LogP contribution in [0.4, 0.5) is 0 Å². The lowest BCUT2D eigenvalue weighted by Crippen LogP contribution is -2.94. The van der Waals surface area contributed by atoms with Crippen LogP contribution in [-0.4, -0.2) is 35.3 Å². The molecule has 8 heteroatoms. The van der Waals surface area contributed by atoms with Gasteiger partial charge in [0.1, 0.15) is 5.54 Å². The molecule has 152 valence electrons. The summed E-state index contributed by atoms with van der Waals surface area (Å²) in [6.07, 6.45) is 4.45. The Hall–Kier alpha value is -3.13. The molecule has 0 bridgehead atoms. The van der Waals surface area contributed by atoms with Gasteiger partial charge in [-0.2, -0.15) is 0 Å². The van der Waals surface area contributed by atoms with Crippen LogP contribution >= 0.6 is 11.3 Å². The monoisotopic (exact) mass is 412 g/mol. The summed E-state index contributed by atoms with van der Waals surface area (Å²) in [5.74, 6) is -0.0792. The molecule has 29 heavy (non-hydrogen) atoms. The number of carbonyl (C=O) groups excluding carboxylic acids is 2. The van der Waals surface area contributed by atoms with E-state index in [0.717, 1.165) is 10.1 Å². The Kier molecular flexibility index (Phi) is 5.74. The standard InChI is InChI=1S/C21H25N5O2S/c1-4-7-14(11-17(22)21(2)12-18(27)26(3)20(23)25-21)24-19(28)16-10-13-8-5-6-9-15(13)29-16/h5-11H,4,12,22H2,1-3H3,(H2,23,25)(H,24,28)/p+1/b14-7+,17-11-. The van der Waals surface area contributed by atoms with Gasteiger partial charge in [0.15, 0.2) is 0 Å². The van der Waals surface area contributed by atoms with Gasteiger partial charge in [-0.1, -0.05) is 31.2 Å².